The minimum absolute atomic E-state index is 0.0351. The number of carbonyl (C=O) groups is 1. The van der Waals surface area contributed by atoms with E-state index in [2.05, 4.69) is 4.74 Å². The van der Waals surface area contributed by atoms with Crippen molar-refractivity contribution in [2.45, 2.75) is 12.5 Å². The van der Waals surface area contributed by atoms with Crippen LogP contribution in [0.1, 0.15) is 15.9 Å². The number of nitrogens with two attached hydrogens (primary N) is 1. The van der Waals surface area contributed by atoms with E-state index in [0.717, 1.165) is 17.7 Å². The molecule has 0 spiro atoms. The van der Waals surface area contributed by atoms with E-state index in [0.29, 0.717) is 12.1 Å². The van der Waals surface area contributed by atoms with Gasteiger partial charge in [0.2, 0.25) is 0 Å². The van der Waals surface area contributed by atoms with Gasteiger partial charge in [-0.1, -0.05) is 0 Å². The fraction of sp³-hybridized carbons (Fsp3) is 0.364. The number of ether oxygens (including phenoxy) is 2. The highest BCUT2D eigenvalue weighted by molar-refractivity contribution is 5.89. The number of hydrogen-bond acceptors (Lipinski definition) is 4. The van der Waals surface area contributed by atoms with Gasteiger partial charge in [0.05, 0.1) is 12.7 Å². The molecule has 80 valence electrons. The number of hydrogen-bond donors (Lipinski definition) is 1. The average molecular weight is 207 g/mol. The second kappa shape index (κ2) is 3.90. The normalized spacial score (nSPS) is 18.1. The molecule has 1 atom stereocenters. The number of benzene rings is 1. The highest BCUT2D eigenvalue weighted by Gasteiger charge is 2.22. The molecular weight excluding hydrogens is 194 g/mol. The monoisotopic (exact) mass is 207 g/mol. The third-order valence-corrected chi connectivity index (χ3v) is 2.49. The van der Waals surface area contributed by atoms with Gasteiger partial charge in [0.1, 0.15) is 11.9 Å². The summed E-state index contributed by atoms with van der Waals surface area (Å²) in [5, 5.41) is 0. The molecule has 0 fully saturated rings. The second-order valence-electron chi connectivity index (χ2n) is 3.49. The summed E-state index contributed by atoms with van der Waals surface area (Å²) in [6, 6.07) is 5.29. The summed E-state index contributed by atoms with van der Waals surface area (Å²) in [6.07, 6.45) is 0.796. The van der Waals surface area contributed by atoms with Crippen molar-refractivity contribution >= 4 is 5.97 Å². The first-order valence-corrected chi connectivity index (χ1v) is 4.82. The lowest BCUT2D eigenvalue weighted by molar-refractivity contribution is 0.0600. The summed E-state index contributed by atoms with van der Waals surface area (Å²) in [5.41, 5.74) is 7.10. The first-order valence-electron chi connectivity index (χ1n) is 4.82. The Labute approximate surface area is 88.0 Å². The van der Waals surface area contributed by atoms with Gasteiger partial charge in [-0.05, 0) is 23.8 Å². The minimum atomic E-state index is -0.325. The van der Waals surface area contributed by atoms with Gasteiger partial charge in [-0.15, -0.1) is 0 Å². The molecular formula is C11H13NO3. The summed E-state index contributed by atoms with van der Waals surface area (Å²) in [5.74, 6) is 0.493. The van der Waals surface area contributed by atoms with Gasteiger partial charge in [-0.2, -0.15) is 0 Å². The summed E-state index contributed by atoms with van der Waals surface area (Å²) in [7, 11) is 1.37. The largest absolute Gasteiger partial charge is 0.488 e. The molecule has 1 heterocycles. The van der Waals surface area contributed by atoms with E-state index in [1.807, 2.05) is 0 Å². The molecule has 4 heteroatoms. The molecule has 1 aromatic rings. The molecule has 0 saturated heterocycles. The van der Waals surface area contributed by atoms with Crippen LogP contribution in [-0.2, 0) is 11.2 Å². The van der Waals surface area contributed by atoms with Gasteiger partial charge in [0.15, 0.2) is 0 Å². The molecule has 0 saturated carbocycles. The summed E-state index contributed by atoms with van der Waals surface area (Å²) in [4.78, 5) is 11.3. The third kappa shape index (κ3) is 1.80. The second-order valence-corrected chi connectivity index (χ2v) is 3.49. The van der Waals surface area contributed by atoms with Crippen molar-refractivity contribution in [3.8, 4) is 5.75 Å². The summed E-state index contributed by atoms with van der Waals surface area (Å²) < 4.78 is 10.2. The fourth-order valence-electron chi connectivity index (χ4n) is 1.70. The van der Waals surface area contributed by atoms with Crippen LogP contribution < -0.4 is 10.5 Å². The van der Waals surface area contributed by atoms with Crippen molar-refractivity contribution in [1.29, 1.82) is 0 Å². The average Bonchev–Trinajstić information content (AvgIpc) is 2.69. The van der Waals surface area contributed by atoms with E-state index in [4.69, 9.17) is 10.5 Å². The predicted molar refractivity (Wildman–Crippen MR) is 55.0 cm³/mol. The lowest BCUT2D eigenvalue weighted by Gasteiger charge is -2.05. The van der Waals surface area contributed by atoms with Crippen molar-refractivity contribution in [2.75, 3.05) is 13.7 Å². The molecule has 0 bridgehead atoms. The zero-order chi connectivity index (χ0) is 10.8. The van der Waals surface area contributed by atoms with E-state index in [1.54, 1.807) is 18.2 Å². The summed E-state index contributed by atoms with van der Waals surface area (Å²) >= 11 is 0. The van der Waals surface area contributed by atoms with Gasteiger partial charge in [-0.3, -0.25) is 0 Å². The van der Waals surface area contributed by atoms with Crippen molar-refractivity contribution in [3.63, 3.8) is 0 Å². The number of fused-ring (bicyclic) bond motifs is 1. The molecule has 0 aromatic heterocycles. The van der Waals surface area contributed by atoms with Crippen LogP contribution in [0.5, 0.6) is 5.75 Å². The fourth-order valence-corrected chi connectivity index (χ4v) is 1.70. The Morgan fingerprint density at radius 1 is 1.67 bits per heavy atom. The molecule has 1 aromatic carbocycles. The van der Waals surface area contributed by atoms with Crippen molar-refractivity contribution in [1.82, 2.24) is 0 Å². The number of carbonyl (C=O) groups excluding carboxylic acids is 1. The van der Waals surface area contributed by atoms with Crippen LogP contribution in [0.15, 0.2) is 18.2 Å². The number of methoxy groups -OCH3 is 1. The zero-order valence-electron chi connectivity index (χ0n) is 8.53. The maximum Gasteiger partial charge on any atom is 0.337 e. The lowest BCUT2D eigenvalue weighted by Crippen LogP contribution is -2.24. The van der Waals surface area contributed by atoms with E-state index >= 15 is 0 Å². The molecule has 4 nitrogen and oxygen atoms in total. The van der Waals surface area contributed by atoms with Crippen molar-refractivity contribution in [2.24, 2.45) is 5.73 Å². The molecule has 1 aliphatic heterocycles. The molecule has 15 heavy (non-hydrogen) atoms. The third-order valence-electron chi connectivity index (χ3n) is 2.49. The van der Waals surface area contributed by atoms with Crippen LogP contribution in [0.3, 0.4) is 0 Å². The summed E-state index contributed by atoms with van der Waals surface area (Å²) in [6.45, 7) is 0.488. The molecule has 0 unspecified atom stereocenters. The van der Waals surface area contributed by atoms with Crippen LogP contribution in [-0.4, -0.2) is 25.7 Å². The maximum absolute atomic E-state index is 11.3. The Bertz CT molecular complexity index is 389. The first-order chi connectivity index (χ1) is 7.24. The Hall–Kier alpha value is -1.55. The van der Waals surface area contributed by atoms with E-state index in [1.165, 1.54) is 7.11 Å². The van der Waals surface area contributed by atoms with E-state index < -0.39 is 0 Å². The number of rotatable bonds is 2. The smallest absolute Gasteiger partial charge is 0.337 e. The van der Waals surface area contributed by atoms with Gasteiger partial charge in [0.25, 0.3) is 0 Å². The molecule has 0 aliphatic carbocycles. The highest BCUT2D eigenvalue weighted by Crippen LogP contribution is 2.29. The van der Waals surface area contributed by atoms with E-state index in [9.17, 15) is 4.79 Å². The zero-order valence-corrected chi connectivity index (χ0v) is 8.53. The van der Waals surface area contributed by atoms with Crippen LogP contribution >= 0.6 is 0 Å². The SMILES string of the molecule is COC(=O)c1ccc2c(c1)C[C@H](CN)O2. The quantitative estimate of drug-likeness (QED) is 0.726. The molecule has 0 radical (unpaired) electrons. The number of esters is 1. The van der Waals surface area contributed by atoms with Crippen molar-refractivity contribution in [3.05, 3.63) is 29.3 Å². The van der Waals surface area contributed by atoms with Gasteiger partial charge < -0.3 is 15.2 Å². The Morgan fingerprint density at radius 3 is 3.13 bits per heavy atom. The standard InChI is InChI=1S/C11H13NO3/c1-14-11(13)7-2-3-10-8(4-7)5-9(6-12)15-10/h2-4,9H,5-6,12H2,1H3/t9-/m1/s1. The van der Waals surface area contributed by atoms with Crippen LogP contribution in [0.2, 0.25) is 0 Å². The lowest BCUT2D eigenvalue weighted by atomic mass is 10.1. The molecule has 1 aliphatic rings. The predicted octanol–water partition coefficient (Wildman–Crippen LogP) is 0.735. The van der Waals surface area contributed by atoms with Gasteiger partial charge in [0, 0.05) is 13.0 Å². The van der Waals surface area contributed by atoms with E-state index in [-0.39, 0.29) is 12.1 Å². The maximum atomic E-state index is 11.3. The highest BCUT2D eigenvalue weighted by atomic mass is 16.5. The van der Waals surface area contributed by atoms with Gasteiger partial charge in [-0.25, -0.2) is 4.79 Å². The van der Waals surface area contributed by atoms with Crippen LogP contribution in [0.4, 0.5) is 0 Å². The van der Waals surface area contributed by atoms with Crippen molar-refractivity contribution < 1.29 is 14.3 Å². The Kier molecular flexibility index (Phi) is 2.60. The first kappa shape index (κ1) is 9.98. The Morgan fingerprint density at radius 2 is 2.47 bits per heavy atom. The minimum Gasteiger partial charge on any atom is -0.488 e. The van der Waals surface area contributed by atoms with Gasteiger partial charge >= 0.3 is 5.97 Å². The molecule has 0 amide bonds. The topological polar surface area (TPSA) is 61.5 Å². The molecule has 2 rings (SSSR count). The van der Waals surface area contributed by atoms with Crippen LogP contribution in [0.25, 0.3) is 0 Å². The van der Waals surface area contributed by atoms with Crippen LogP contribution in [0, 0.1) is 0 Å². The Balaban J connectivity index is 2.26. The molecule has 2 N–H and O–H groups in total.